The molecule has 3 aliphatic heterocycles. The average molecular weight is 467 g/mol. The Hall–Kier alpha value is -2.48. The number of benzene rings is 1. The van der Waals surface area contributed by atoms with Crippen LogP contribution in [0.2, 0.25) is 0 Å². The molecule has 1 amide bonds. The van der Waals surface area contributed by atoms with Crippen molar-refractivity contribution in [2.45, 2.75) is 51.0 Å². The predicted octanol–water partition coefficient (Wildman–Crippen LogP) is 4.59. The molecule has 2 atom stereocenters. The van der Waals surface area contributed by atoms with Crippen LogP contribution >= 0.6 is 11.6 Å². The van der Waals surface area contributed by atoms with Crippen LogP contribution in [0.4, 0.5) is 18.9 Å². The minimum absolute atomic E-state index is 0.120. The van der Waals surface area contributed by atoms with Gasteiger partial charge in [-0.1, -0.05) is 30.7 Å². The standard InChI is InChI=1S/C23H26ClF3N4O/c1-2-19-21(31-14-17(24)5-8-20(31)29-19)22(32)28-13-15-3-6-18(7-4-15)30-11-9-16(10-12-30)23(25,26)27/h3-8,14,16,19,21H,2,9-13H2,1H3,(H,28,32). The summed E-state index contributed by atoms with van der Waals surface area (Å²) in [4.78, 5) is 21.4. The smallest absolute Gasteiger partial charge is 0.372 e. The van der Waals surface area contributed by atoms with E-state index in [4.69, 9.17) is 11.6 Å². The number of allylic oxidation sites excluding steroid dienone is 2. The maximum absolute atomic E-state index is 13.0. The first-order valence-corrected chi connectivity index (χ1v) is 11.2. The summed E-state index contributed by atoms with van der Waals surface area (Å²) in [7, 11) is 0. The van der Waals surface area contributed by atoms with Crippen molar-refractivity contribution in [2.75, 3.05) is 18.0 Å². The van der Waals surface area contributed by atoms with Crippen molar-refractivity contribution in [1.29, 1.82) is 0 Å². The first-order chi connectivity index (χ1) is 15.3. The van der Waals surface area contributed by atoms with Gasteiger partial charge in [0.05, 0.1) is 17.0 Å². The number of hydrogen-bond donors (Lipinski definition) is 1. The van der Waals surface area contributed by atoms with Crippen LogP contribution in [0, 0.1) is 5.92 Å². The van der Waals surface area contributed by atoms with Crippen molar-refractivity contribution in [3.8, 4) is 0 Å². The lowest BCUT2D eigenvalue weighted by atomic mass is 9.96. The third kappa shape index (κ3) is 4.80. The summed E-state index contributed by atoms with van der Waals surface area (Å²) < 4.78 is 38.6. The van der Waals surface area contributed by atoms with Gasteiger partial charge < -0.3 is 15.1 Å². The number of carbonyl (C=O) groups is 1. The molecule has 1 aromatic carbocycles. The zero-order valence-electron chi connectivity index (χ0n) is 17.8. The number of carbonyl (C=O) groups excluding carboxylic acids is 1. The molecule has 0 saturated carbocycles. The summed E-state index contributed by atoms with van der Waals surface area (Å²) in [5.41, 5.74) is 1.83. The van der Waals surface area contributed by atoms with Crippen LogP contribution < -0.4 is 10.2 Å². The number of fused-ring (bicyclic) bond motifs is 1. The molecule has 2 unspecified atom stereocenters. The summed E-state index contributed by atoms with van der Waals surface area (Å²) in [5, 5.41) is 3.53. The van der Waals surface area contributed by atoms with Crippen LogP contribution in [0.1, 0.15) is 31.7 Å². The molecular weight excluding hydrogens is 441 g/mol. The van der Waals surface area contributed by atoms with Crippen LogP contribution in [0.25, 0.3) is 0 Å². The highest BCUT2D eigenvalue weighted by molar-refractivity contribution is 6.32. The Bertz CT molecular complexity index is 934. The van der Waals surface area contributed by atoms with E-state index < -0.39 is 18.1 Å². The maximum atomic E-state index is 13.0. The van der Waals surface area contributed by atoms with E-state index in [0.29, 0.717) is 24.7 Å². The minimum Gasteiger partial charge on any atom is -0.372 e. The number of halogens is 4. The van der Waals surface area contributed by atoms with Gasteiger partial charge in [0.1, 0.15) is 11.9 Å². The molecule has 0 spiro atoms. The minimum atomic E-state index is -4.11. The molecule has 3 aliphatic rings. The maximum Gasteiger partial charge on any atom is 0.391 e. The van der Waals surface area contributed by atoms with Crippen molar-refractivity contribution >= 4 is 29.0 Å². The Morgan fingerprint density at radius 2 is 1.88 bits per heavy atom. The summed E-state index contributed by atoms with van der Waals surface area (Å²) in [6, 6.07) is 7.02. The molecule has 3 heterocycles. The van der Waals surface area contributed by atoms with Gasteiger partial charge in [-0.3, -0.25) is 9.79 Å². The first kappa shape index (κ1) is 22.7. The number of alkyl halides is 3. The first-order valence-electron chi connectivity index (χ1n) is 10.9. The Labute approximate surface area is 190 Å². The van der Waals surface area contributed by atoms with E-state index in [0.717, 1.165) is 23.5 Å². The number of rotatable bonds is 5. The van der Waals surface area contributed by atoms with Gasteiger partial charge in [-0.15, -0.1) is 0 Å². The molecule has 9 heteroatoms. The largest absolute Gasteiger partial charge is 0.391 e. The SMILES string of the molecule is CCC1N=C2C=CC(Cl)=CN2C1C(=O)NCc1ccc(N2CCC(C(F)(F)F)CC2)cc1. The van der Waals surface area contributed by atoms with E-state index in [1.807, 2.05) is 47.1 Å². The number of nitrogens with one attached hydrogen (secondary N) is 1. The summed E-state index contributed by atoms with van der Waals surface area (Å²) in [5.74, 6) is -0.592. The Balaban J connectivity index is 1.33. The highest BCUT2D eigenvalue weighted by atomic mass is 35.5. The molecular formula is C23H26ClF3N4O. The van der Waals surface area contributed by atoms with Gasteiger partial charge in [0.25, 0.3) is 0 Å². The Morgan fingerprint density at radius 3 is 2.50 bits per heavy atom. The zero-order valence-corrected chi connectivity index (χ0v) is 18.5. The second-order valence-corrected chi connectivity index (χ2v) is 8.79. The summed E-state index contributed by atoms with van der Waals surface area (Å²) >= 11 is 6.11. The second kappa shape index (κ2) is 9.17. The van der Waals surface area contributed by atoms with E-state index in [2.05, 4.69) is 10.3 Å². The van der Waals surface area contributed by atoms with Crippen LogP contribution in [-0.2, 0) is 11.3 Å². The Kier molecular flexibility index (Phi) is 6.51. The monoisotopic (exact) mass is 466 g/mol. The molecule has 32 heavy (non-hydrogen) atoms. The van der Waals surface area contributed by atoms with E-state index in [1.165, 1.54) is 0 Å². The topological polar surface area (TPSA) is 47.9 Å². The fraction of sp³-hybridized carbons (Fsp3) is 0.478. The average Bonchev–Trinajstić information content (AvgIpc) is 3.15. The molecule has 1 fully saturated rings. The highest BCUT2D eigenvalue weighted by Crippen LogP contribution is 2.35. The molecule has 172 valence electrons. The van der Waals surface area contributed by atoms with Crippen molar-refractivity contribution in [2.24, 2.45) is 10.9 Å². The molecule has 0 aromatic heterocycles. The lowest BCUT2D eigenvalue weighted by Gasteiger charge is -2.34. The Morgan fingerprint density at radius 1 is 1.19 bits per heavy atom. The van der Waals surface area contributed by atoms with Crippen molar-refractivity contribution in [3.05, 3.63) is 53.2 Å². The van der Waals surface area contributed by atoms with Gasteiger partial charge in [-0.2, -0.15) is 13.2 Å². The van der Waals surface area contributed by atoms with Crippen LogP contribution in [0.15, 0.2) is 52.6 Å². The number of nitrogens with zero attached hydrogens (tertiary/aromatic N) is 3. The van der Waals surface area contributed by atoms with Gasteiger partial charge in [0.15, 0.2) is 0 Å². The third-order valence-corrected chi connectivity index (χ3v) is 6.52. The van der Waals surface area contributed by atoms with Crippen LogP contribution in [0.5, 0.6) is 0 Å². The quantitative estimate of drug-likeness (QED) is 0.690. The lowest BCUT2D eigenvalue weighted by Crippen LogP contribution is -2.48. The normalized spacial score (nSPS) is 23.7. The molecule has 1 aromatic rings. The lowest BCUT2D eigenvalue weighted by molar-refractivity contribution is -0.179. The van der Waals surface area contributed by atoms with Crippen LogP contribution in [0.3, 0.4) is 0 Å². The molecule has 0 aliphatic carbocycles. The molecule has 5 nitrogen and oxygen atoms in total. The number of hydrogen-bond acceptors (Lipinski definition) is 4. The number of piperidine rings is 1. The van der Waals surface area contributed by atoms with Gasteiger partial charge in [-0.25, -0.2) is 0 Å². The molecule has 1 saturated heterocycles. The fourth-order valence-electron chi connectivity index (χ4n) is 4.44. The van der Waals surface area contributed by atoms with Crippen molar-refractivity contribution in [3.63, 3.8) is 0 Å². The van der Waals surface area contributed by atoms with Crippen molar-refractivity contribution < 1.29 is 18.0 Å². The fourth-order valence-corrected chi connectivity index (χ4v) is 4.61. The van der Waals surface area contributed by atoms with Crippen LogP contribution in [-0.4, -0.2) is 48.0 Å². The number of amidine groups is 1. The van der Waals surface area contributed by atoms with E-state index in [-0.39, 0.29) is 24.8 Å². The number of aliphatic imine (C=N–C) groups is 1. The van der Waals surface area contributed by atoms with Crippen molar-refractivity contribution in [1.82, 2.24) is 10.2 Å². The van der Waals surface area contributed by atoms with Gasteiger partial charge in [-0.05, 0) is 49.1 Å². The molecule has 0 bridgehead atoms. The molecule has 4 rings (SSSR count). The van der Waals surface area contributed by atoms with Gasteiger partial charge >= 0.3 is 6.18 Å². The predicted molar refractivity (Wildman–Crippen MR) is 119 cm³/mol. The molecule has 1 N–H and O–H groups in total. The van der Waals surface area contributed by atoms with Gasteiger partial charge in [0, 0.05) is 31.5 Å². The van der Waals surface area contributed by atoms with E-state index in [1.54, 1.807) is 12.3 Å². The summed E-state index contributed by atoms with van der Waals surface area (Å²) in [6.07, 6.45) is 2.17. The number of amides is 1. The zero-order chi connectivity index (χ0) is 22.9. The second-order valence-electron chi connectivity index (χ2n) is 8.35. The van der Waals surface area contributed by atoms with E-state index >= 15 is 0 Å². The van der Waals surface area contributed by atoms with Gasteiger partial charge in [0.2, 0.25) is 5.91 Å². The third-order valence-electron chi connectivity index (χ3n) is 6.29. The highest BCUT2D eigenvalue weighted by Gasteiger charge is 2.41. The van der Waals surface area contributed by atoms with E-state index in [9.17, 15) is 18.0 Å². The summed E-state index contributed by atoms with van der Waals surface area (Å²) in [6.45, 7) is 3.14. The molecule has 0 radical (unpaired) electrons. The number of anilines is 1.